The summed E-state index contributed by atoms with van der Waals surface area (Å²) in [5, 5.41) is 15.4. The highest BCUT2D eigenvalue weighted by molar-refractivity contribution is 5.18. The van der Waals surface area contributed by atoms with Crippen molar-refractivity contribution in [2.24, 2.45) is 0 Å². The molecule has 2 rings (SSSR count). The summed E-state index contributed by atoms with van der Waals surface area (Å²) < 4.78 is 1.69. The van der Waals surface area contributed by atoms with Crippen LogP contribution in [0.2, 0.25) is 0 Å². The van der Waals surface area contributed by atoms with E-state index in [0.29, 0.717) is 12.4 Å². The average molecular weight is 232 g/mol. The van der Waals surface area contributed by atoms with E-state index in [2.05, 4.69) is 46.4 Å². The Morgan fingerprint density at radius 1 is 1.35 bits per heavy atom. The van der Waals surface area contributed by atoms with Crippen LogP contribution in [0.3, 0.4) is 0 Å². The van der Waals surface area contributed by atoms with Crippen molar-refractivity contribution >= 4 is 0 Å². The molecular formula is C11H16N6. The van der Waals surface area contributed by atoms with E-state index in [1.54, 1.807) is 10.9 Å². The van der Waals surface area contributed by atoms with E-state index in [0.717, 1.165) is 5.82 Å². The highest BCUT2D eigenvalue weighted by atomic mass is 15.4. The van der Waals surface area contributed by atoms with Gasteiger partial charge in [-0.1, -0.05) is 0 Å². The summed E-state index contributed by atoms with van der Waals surface area (Å²) in [4.78, 5) is 4.22. The minimum absolute atomic E-state index is 0.0408. The normalized spacial score (nSPS) is 11.7. The van der Waals surface area contributed by atoms with Crippen LogP contribution < -0.4 is 5.32 Å². The molecule has 0 aliphatic carbocycles. The summed E-state index contributed by atoms with van der Waals surface area (Å²) >= 11 is 0. The van der Waals surface area contributed by atoms with Crippen LogP contribution in [0.1, 0.15) is 26.6 Å². The van der Waals surface area contributed by atoms with Crippen molar-refractivity contribution in [3.8, 4) is 5.82 Å². The van der Waals surface area contributed by atoms with Gasteiger partial charge in [-0.2, -0.15) is 14.9 Å². The lowest BCUT2D eigenvalue weighted by molar-refractivity contribution is 0.414. The fourth-order valence-electron chi connectivity index (χ4n) is 1.33. The third-order valence-electron chi connectivity index (χ3n) is 2.17. The molecule has 17 heavy (non-hydrogen) atoms. The molecule has 90 valence electrons. The van der Waals surface area contributed by atoms with E-state index in [1.807, 2.05) is 12.1 Å². The molecule has 2 aromatic heterocycles. The molecule has 0 aliphatic rings. The predicted molar refractivity (Wildman–Crippen MR) is 63.5 cm³/mol. The lowest BCUT2D eigenvalue weighted by atomic mass is 10.1. The summed E-state index contributed by atoms with van der Waals surface area (Å²) in [6.45, 7) is 6.96. The minimum atomic E-state index is 0.0408. The monoisotopic (exact) mass is 232 g/mol. The molecule has 0 radical (unpaired) electrons. The van der Waals surface area contributed by atoms with Gasteiger partial charge in [-0.05, 0) is 32.9 Å². The highest BCUT2D eigenvalue weighted by Crippen LogP contribution is 2.06. The van der Waals surface area contributed by atoms with E-state index in [1.165, 1.54) is 6.33 Å². The first-order chi connectivity index (χ1) is 8.06. The zero-order valence-electron chi connectivity index (χ0n) is 10.3. The minimum Gasteiger partial charge on any atom is -0.305 e. The van der Waals surface area contributed by atoms with Gasteiger partial charge >= 0.3 is 0 Å². The Hall–Kier alpha value is -1.82. The maximum Gasteiger partial charge on any atom is 0.177 e. The summed E-state index contributed by atoms with van der Waals surface area (Å²) in [5.41, 5.74) is 0.0408. The van der Waals surface area contributed by atoms with Crippen LogP contribution in [0.5, 0.6) is 0 Å². The SMILES string of the molecule is CC(C)(C)NCc1ncnn1-c1cccnn1. The first-order valence-electron chi connectivity index (χ1n) is 5.48. The summed E-state index contributed by atoms with van der Waals surface area (Å²) in [6.07, 6.45) is 3.15. The fourth-order valence-corrected chi connectivity index (χ4v) is 1.33. The van der Waals surface area contributed by atoms with Crippen LogP contribution in [-0.2, 0) is 6.54 Å². The van der Waals surface area contributed by atoms with E-state index in [4.69, 9.17) is 0 Å². The van der Waals surface area contributed by atoms with Gasteiger partial charge in [0.15, 0.2) is 5.82 Å². The molecule has 0 saturated heterocycles. The molecule has 6 nitrogen and oxygen atoms in total. The van der Waals surface area contributed by atoms with Gasteiger partial charge in [-0.3, -0.25) is 0 Å². The van der Waals surface area contributed by atoms with E-state index < -0.39 is 0 Å². The largest absolute Gasteiger partial charge is 0.305 e. The maximum absolute atomic E-state index is 4.22. The van der Waals surface area contributed by atoms with Gasteiger partial charge < -0.3 is 5.32 Å². The van der Waals surface area contributed by atoms with E-state index >= 15 is 0 Å². The number of nitrogens with one attached hydrogen (secondary N) is 1. The van der Waals surface area contributed by atoms with Crippen LogP contribution >= 0.6 is 0 Å². The van der Waals surface area contributed by atoms with Gasteiger partial charge in [0, 0.05) is 11.7 Å². The van der Waals surface area contributed by atoms with Crippen LogP contribution in [-0.4, -0.2) is 30.5 Å². The van der Waals surface area contributed by atoms with Crippen LogP contribution in [0.15, 0.2) is 24.7 Å². The molecule has 0 aliphatic heterocycles. The molecule has 0 amide bonds. The van der Waals surface area contributed by atoms with Gasteiger partial charge in [0.2, 0.25) is 0 Å². The first-order valence-corrected chi connectivity index (χ1v) is 5.48. The van der Waals surface area contributed by atoms with Crippen molar-refractivity contribution < 1.29 is 0 Å². The van der Waals surface area contributed by atoms with E-state index in [9.17, 15) is 0 Å². The maximum atomic E-state index is 4.22. The molecule has 0 bridgehead atoms. The molecule has 0 atom stereocenters. The second-order valence-corrected chi connectivity index (χ2v) is 4.77. The standard InChI is InChI=1S/C11H16N6/c1-11(2,3)13-7-10-12-8-15-17(10)9-5-4-6-14-16-9/h4-6,8,13H,7H2,1-3H3. The Morgan fingerprint density at radius 3 is 2.82 bits per heavy atom. The molecule has 6 heteroatoms. The van der Waals surface area contributed by atoms with Gasteiger partial charge in [0.25, 0.3) is 0 Å². The average Bonchev–Trinajstić information content (AvgIpc) is 2.75. The zero-order chi connectivity index (χ0) is 12.3. The lowest BCUT2D eigenvalue weighted by Gasteiger charge is -2.20. The molecule has 0 aromatic carbocycles. The Labute approximate surface area is 100 Å². The fraction of sp³-hybridized carbons (Fsp3) is 0.455. The van der Waals surface area contributed by atoms with Crippen molar-refractivity contribution in [1.29, 1.82) is 0 Å². The molecule has 2 heterocycles. The lowest BCUT2D eigenvalue weighted by Crippen LogP contribution is -2.36. The smallest absolute Gasteiger partial charge is 0.177 e. The molecule has 1 N–H and O–H groups in total. The second-order valence-electron chi connectivity index (χ2n) is 4.77. The van der Waals surface area contributed by atoms with Crippen molar-refractivity contribution in [2.75, 3.05) is 0 Å². The zero-order valence-corrected chi connectivity index (χ0v) is 10.3. The number of rotatable bonds is 3. The molecule has 0 saturated carbocycles. The van der Waals surface area contributed by atoms with Crippen molar-refractivity contribution in [2.45, 2.75) is 32.9 Å². The number of nitrogens with zero attached hydrogens (tertiary/aromatic N) is 5. The van der Waals surface area contributed by atoms with Gasteiger partial charge in [0.05, 0.1) is 6.54 Å². The van der Waals surface area contributed by atoms with Crippen molar-refractivity contribution in [3.05, 3.63) is 30.5 Å². The third kappa shape index (κ3) is 3.07. The topological polar surface area (TPSA) is 68.5 Å². The Bertz CT molecular complexity index is 470. The molecule has 0 unspecified atom stereocenters. The quantitative estimate of drug-likeness (QED) is 0.853. The molecule has 0 fully saturated rings. The summed E-state index contributed by atoms with van der Waals surface area (Å²) in [5.74, 6) is 1.50. The number of hydrogen-bond acceptors (Lipinski definition) is 5. The Morgan fingerprint density at radius 2 is 2.18 bits per heavy atom. The van der Waals surface area contributed by atoms with Gasteiger partial charge in [0.1, 0.15) is 12.2 Å². The summed E-state index contributed by atoms with van der Waals surface area (Å²) in [7, 11) is 0. The van der Waals surface area contributed by atoms with Crippen LogP contribution in [0.4, 0.5) is 0 Å². The highest BCUT2D eigenvalue weighted by Gasteiger charge is 2.12. The summed E-state index contributed by atoms with van der Waals surface area (Å²) in [6, 6.07) is 3.67. The first kappa shape index (κ1) is 11.7. The van der Waals surface area contributed by atoms with Crippen LogP contribution in [0.25, 0.3) is 5.82 Å². The van der Waals surface area contributed by atoms with Crippen molar-refractivity contribution in [1.82, 2.24) is 30.3 Å². The number of hydrogen-bond donors (Lipinski definition) is 1. The molecule has 0 spiro atoms. The molecular weight excluding hydrogens is 216 g/mol. The second kappa shape index (κ2) is 4.58. The van der Waals surface area contributed by atoms with Gasteiger partial charge in [-0.25, -0.2) is 4.98 Å². The van der Waals surface area contributed by atoms with Crippen LogP contribution in [0, 0.1) is 0 Å². The van der Waals surface area contributed by atoms with E-state index in [-0.39, 0.29) is 5.54 Å². The van der Waals surface area contributed by atoms with Gasteiger partial charge in [-0.15, -0.1) is 5.10 Å². The van der Waals surface area contributed by atoms with Crippen molar-refractivity contribution in [3.63, 3.8) is 0 Å². The predicted octanol–water partition coefficient (Wildman–Crippen LogP) is 0.945. The Balaban J connectivity index is 2.18. The number of aromatic nitrogens is 5. The Kier molecular flexibility index (Phi) is 3.14. The third-order valence-corrected chi connectivity index (χ3v) is 2.17. The molecule has 2 aromatic rings.